The second-order valence-corrected chi connectivity index (χ2v) is 12.6. The van der Waals surface area contributed by atoms with E-state index in [1.165, 1.54) is 71.3 Å². The van der Waals surface area contributed by atoms with Crippen LogP contribution in [0.15, 0.2) is 0 Å². The minimum Gasteiger partial charge on any atom is -0.469 e. The van der Waals surface area contributed by atoms with Crippen molar-refractivity contribution in [1.82, 2.24) is 0 Å². The molecule has 0 aliphatic heterocycles. The molecule has 4 saturated carbocycles. The predicted octanol–water partition coefficient (Wildman–Crippen LogP) is 8.17. The molecule has 3 nitrogen and oxygen atoms in total. The summed E-state index contributed by atoms with van der Waals surface area (Å²) in [4.78, 5) is 11.5. The Bertz CT molecular complexity index is 587. The fraction of sp³-hybridized carbons (Fsp3) is 0.960. The van der Waals surface area contributed by atoms with E-state index >= 15 is 0 Å². The molecule has 0 aromatic carbocycles. The highest BCUT2D eigenvalue weighted by atomic mass is 127. The van der Waals surface area contributed by atoms with E-state index in [2.05, 4.69) is 20.8 Å². The number of carbonyl (C=O) groups is 1. The maximum Gasteiger partial charge on any atom is 0.305 e. The summed E-state index contributed by atoms with van der Waals surface area (Å²) < 4.78 is 12.3. The molecule has 4 fully saturated rings. The van der Waals surface area contributed by atoms with Gasteiger partial charge in [-0.25, -0.2) is 0 Å². The summed E-state index contributed by atoms with van der Waals surface area (Å²) in [5, 5.41) is 0. The smallest absolute Gasteiger partial charge is 0.305 e. The molecular weight excluding hydrogens is 507 g/mol. The molecule has 5 heteroatoms. The Morgan fingerprint density at radius 1 is 1.07 bits per heavy atom. The van der Waals surface area contributed by atoms with Gasteiger partial charge in [0.1, 0.15) is 0 Å². The maximum atomic E-state index is 11.5. The van der Waals surface area contributed by atoms with E-state index < -0.39 is 0 Å². The van der Waals surface area contributed by atoms with Crippen LogP contribution in [0, 0.1) is 46.3 Å². The number of rotatable bonds is 4. The lowest BCUT2D eigenvalue weighted by molar-refractivity contribution is -0.141. The third-order valence-electron chi connectivity index (χ3n) is 10.3. The van der Waals surface area contributed by atoms with Crippen LogP contribution in [0.2, 0.25) is 0 Å². The van der Waals surface area contributed by atoms with Crippen LogP contribution in [0.1, 0.15) is 97.8 Å². The number of fused-ring (bicyclic) bond motifs is 5. The first kappa shape index (κ1) is 25.1. The van der Waals surface area contributed by atoms with Gasteiger partial charge in [0.25, 0.3) is 0 Å². The Balaban J connectivity index is 0.000000806. The van der Waals surface area contributed by atoms with Crippen molar-refractivity contribution in [2.45, 2.75) is 97.8 Å². The molecule has 0 aromatic heterocycles. The van der Waals surface area contributed by atoms with Crippen molar-refractivity contribution in [2.24, 2.45) is 46.3 Å². The molecular formula is C25H43IO3S. The summed E-state index contributed by atoms with van der Waals surface area (Å²) in [6, 6.07) is 0. The van der Waals surface area contributed by atoms with Gasteiger partial charge in [0, 0.05) is 27.6 Å². The first-order chi connectivity index (χ1) is 14.3. The van der Waals surface area contributed by atoms with Crippen LogP contribution in [0.4, 0.5) is 0 Å². The first-order valence-corrected chi connectivity index (χ1v) is 15.6. The molecule has 0 heterocycles. The molecule has 0 amide bonds. The fourth-order valence-electron chi connectivity index (χ4n) is 8.99. The van der Waals surface area contributed by atoms with Gasteiger partial charge < -0.3 is 9.29 Å². The third kappa shape index (κ3) is 4.73. The first-order valence-electron chi connectivity index (χ1n) is 12.3. The van der Waals surface area contributed by atoms with E-state index in [4.69, 9.17) is 9.29 Å². The van der Waals surface area contributed by atoms with E-state index in [0.29, 0.717) is 17.3 Å². The van der Waals surface area contributed by atoms with E-state index in [1.54, 1.807) is 21.2 Å². The monoisotopic (exact) mass is 550 g/mol. The largest absolute Gasteiger partial charge is 0.469 e. The molecule has 1 N–H and O–H groups in total. The van der Waals surface area contributed by atoms with Crippen LogP contribution in [0.5, 0.6) is 0 Å². The van der Waals surface area contributed by atoms with E-state index in [0.717, 1.165) is 51.1 Å². The van der Waals surface area contributed by atoms with Crippen molar-refractivity contribution in [3.8, 4) is 0 Å². The number of halogens is 1. The Morgan fingerprint density at radius 3 is 2.47 bits per heavy atom. The fourth-order valence-corrected chi connectivity index (χ4v) is 8.99. The molecule has 30 heavy (non-hydrogen) atoms. The number of esters is 1. The number of ether oxygens (including phenoxy) is 1. The summed E-state index contributed by atoms with van der Waals surface area (Å²) in [6.45, 7) is 7.90. The molecule has 4 aliphatic carbocycles. The standard InChI is InChI=1S/C25H42O2.HIOS/c1-17-16-19-21-12-11-18(8-7-10-23(26)27-4)24(21,2)15-13-22(19)25(3)14-6-5-9-20(17)25;1-3-2/h17-22H,5-16H2,1-4H3;2H/t17-,18?,19?,20?,21?,22-,24?,25?;/m0./s1. The lowest BCUT2D eigenvalue weighted by Gasteiger charge is -2.62. The zero-order valence-electron chi connectivity index (χ0n) is 19.5. The molecule has 0 saturated heterocycles. The zero-order valence-corrected chi connectivity index (χ0v) is 22.5. The van der Waals surface area contributed by atoms with Gasteiger partial charge in [0.05, 0.1) is 16.3 Å². The van der Waals surface area contributed by atoms with Crippen molar-refractivity contribution < 1.29 is 14.1 Å². The van der Waals surface area contributed by atoms with Gasteiger partial charge in [-0.15, -0.1) is 0 Å². The van der Waals surface area contributed by atoms with E-state index in [1.807, 2.05) is 0 Å². The number of hydrogen-bond acceptors (Lipinski definition) is 4. The second-order valence-electron chi connectivity index (χ2n) is 11.3. The summed E-state index contributed by atoms with van der Waals surface area (Å²) in [5.41, 5.74) is 1.17. The molecule has 4 aliphatic rings. The molecule has 0 aromatic rings. The Kier molecular flexibility index (Phi) is 8.90. The van der Waals surface area contributed by atoms with Crippen LogP contribution in [-0.4, -0.2) is 17.6 Å². The van der Waals surface area contributed by atoms with Crippen molar-refractivity contribution >= 4 is 36.4 Å². The number of hydrogen-bond donors (Lipinski definition) is 1. The van der Waals surface area contributed by atoms with Crippen molar-refractivity contribution in [2.75, 3.05) is 7.11 Å². The summed E-state index contributed by atoms with van der Waals surface area (Å²) in [5.74, 6) is 5.64. The lowest BCUT2D eigenvalue weighted by atomic mass is 9.43. The predicted molar refractivity (Wildman–Crippen MR) is 134 cm³/mol. The van der Waals surface area contributed by atoms with Crippen LogP contribution >= 0.6 is 30.4 Å². The van der Waals surface area contributed by atoms with Gasteiger partial charge in [-0.2, -0.15) is 0 Å². The van der Waals surface area contributed by atoms with Gasteiger partial charge in [0.2, 0.25) is 0 Å². The number of carbonyl (C=O) groups excluding carboxylic acids is 1. The van der Waals surface area contributed by atoms with Gasteiger partial charge >= 0.3 is 5.97 Å². The molecule has 4 rings (SSSR count). The topological polar surface area (TPSA) is 46.5 Å². The van der Waals surface area contributed by atoms with Crippen molar-refractivity contribution in [1.29, 1.82) is 0 Å². The van der Waals surface area contributed by atoms with Crippen LogP contribution < -0.4 is 0 Å². The summed E-state index contributed by atoms with van der Waals surface area (Å²) in [6.07, 6.45) is 16.1. The SMILES string of the molecule is COC(=O)CCCC1CCC2C3C[C@H](C)C4CCCCC4(C)[C@H]3CCC12C.OSI. The van der Waals surface area contributed by atoms with Crippen LogP contribution in [0.25, 0.3) is 0 Å². The highest BCUT2D eigenvalue weighted by molar-refractivity contribution is 14.2. The Morgan fingerprint density at radius 2 is 1.77 bits per heavy atom. The maximum absolute atomic E-state index is 11.5. The van der Waals surface area contributed by atoms with E-state index in [9.17, 15) is 4.79 Å². The Hall–Kier alpha value is 0.510. The lowest BCUT2D eigenvalue weighted by Crippen LogP contribution is -2.55. The van der Waals surface area contributed by atoms with Crippen LogP contribution in [0.3, 0.4) is 0 Å². The molecule has 0 spiro atoms. The average molecular weight is 551 g/mol. The molecule has 8 atom stereocenters. The van der Waals surface area contributed by atoms with Gasteiger partial charge in [-0.05, 0) is 104 Å². The van der Waals surface area contributed by atoms with Crippen molar-refractivity contribution in [3.05, 3.63) is 0 Å². The molecule has 0 radical (unpaired) electrons. The quantitative estimate of drug-likeness (QED) is 0.218. The summed E-state index contributed by atoms with van der Waals surface area (Å²) in [7, 11) is 2.23. The zero-order chi connectivity index (χ0) is 21.9. The van der Waals surface area contributed by atoms with E-state index in [-0.39, 0.29) is 5.97 Å². The minimum absolute atomic E-state index is 0.0317. The third-order valence-corrected chi connectivity index (χ3v) is 10.3. The van der Waals surface area contributed by atoms with Crippen molar-refractivity contribution in [3.63, 3.8) is 0 Å². The summed E-state index contributed by atoms with van der Waals surface area (Å²) >= 11 is 1.76. The highest BCUT2D eigenvalue weighted by Crippen LogP contribution is 2.68. The molecule has 6 unspecified atom stereocenters. The van der Waals surface area contributed by atoms with Gasteiger partial charge in [-0.3, -0.25) is 4.79 Å². The number of methoxy groups -OCH3 is 1. The van der Waals surface area contributed by atoms with Gasteiger partial charge in [-0.1, -0.05) is 33.6 Å². The molecule has 0 bridgehead atoms. The van der Waals surface area contributed by atoms with Gasteiger partial charge in [0.15, 0.2) is 0 Å². The normalized spacial score (nSPS) is 44.7. The average Bonchev–Trinajstić information content (AvgIpc) is 3.05. The minimum atomic E-state index is -0.0317. The highest BCUT2D eigenvalue weighted by Gasteiger charge is 2.60. The van der Waals surface area contributed by atoms with Crippen LogP contribution in [-0.2, 0) is 9.53 Å². The molecule has 174 valence electrons. The Labute approximate surface area is 201 Å². The second kappa shape index (κ2) is 10.6.